The van der Waals surface area contributed by atoms with Crippen LogP contribution in [-0.4, -0.2) is 26.0 Å². The number of cyclic esters (lactones) is 1. The van der Waals surface area contributed by atoms with Gasteiger partial charge in [-0.3, -0.25) is 0 Å². The lowest BCUT2D eigenvalue weighted by molar-refractivity contribution is -0.130. The molecule has 1 aliphatic rings. The van der Waals surface area contributed by atoms with Crippen LogP contribution >= 0.6 is 0 Å². The number of esters is 1. The number of ether oxygens (including phenoxy) is 1. The van der Waals surface area contributed by atoms with Crippen LogP contribution in [0.4, 0.5) is 5.69 Å². The van der Waals surface area contributed by atoms with Crippen LogP contribution in [-0.2, 0) is 16.0 Å². The summed E-state index contributed by atoms with van der Waals surface area (Å²) in [4.78, 5) is 18.4. The van der Waals surface area contributed by atoms with E-state index in [2.05, 4.69) is 36.2 Å². The molecule has 2 aromatic carbocycles. The van der Waals surface area contributed by atoms with Gasteiger partial charge in [-0.15, -0.1) is 0 Å². The van der Waals surface area contributed by atoms with Gasteiger partial charge in [0.1, 0.15) is 0 Å². The monoisotopic (exact) mass is 334 g/mol. The Morgan fingerprint density at radius 2 is 1.68 bits per heavy atom. The molecule has 0 atom stereocenters. The number of carbonyl (C=O) groups is 1. The zero-order chi connectivity index (χ0) is 17.8. The van der Waals surface area contributed by atoms with E-state index in [-0.39, 0.29) is 5.97 Å². The molecular weight excluding hydrogens is 312 g/mol. The van der Waals surface area contributed by atoms with Gasteiger partial charge in [0, 0.05) is 26.2 Å². The normalized spacial score (nSPS) is 15.2. The molecule has 0 radical (unpaired) electrons. The maximum atomic E-state index is 12.0. The zero-order valence-corrected chi connectivity index (χ0v) is 14.8. The Morgan fingerprint density at radius 3 is 2.32 bits per heavy atom. The van der Waals surface area contributed by atoms with Crippen LogP contribution in [0.25, 0.3) is 6.08 Å². The molecule has 0 bridgehead atoms. The second kappa shape index (κ2) is 7.34. The van der Waals surface area contributed by atoms with E-state index >= 15 is 0 Å². The molecule has 25 heavy (non-hydrogen) atoms. The number of hydrogen-bond acceptors (Lipinski definition) is 4. The summed E-state index contributed by atoms with van der Waals surface area (Å²) in [5.74, 6) is 0.109. The van der Waals surface area contributed by atoms with E-state index in [1.165, 1.54) is 11.1 Å². The van der Waals surface area contributed by atoms with Crippen molar-refractivity contribution in [3.8, 4) is 0 Å². The summed E-state index contributed by atoms with van der Waals surface area (Å²) >= 11 is 0. The first kappa shape index (κ1) is 17.0. The van der Waals surface area contributed by atoms with E-state index in [0.717, 1.165) is 17.7 Å². The molecule has 128 valence electrons. The van der Waals surface area contributed by atoms with Gasteiger partial charge in [-0.25, -0.2) is 9.79 Å². The van der Waals surface area contributed by atoms with Crippen molar-refractivity contribution >= 4 is 23.6 Å². The van der Waals surface area contributed by atoms with E-state index in [1.54, 1.807) is 6.08 Å². The maximum Gasteiger partial charge on any atom is 0.363 e. The van der Waals surface area contributed by atoms with Gasteiger partial charge in [-0.2, -0.15) is 0 Å². The van der Waals surface area contributed by atoms with E-state index in [0.29, 0.717) is 18.0 Å². The summed E-state index contributed by atoms with van der Waals surface area (Å²) in [6, 6.07) is 16.3. The van der Waals surface area contributed by atoms with Crippen LogP contribution in [0.2, 0.25) is 0 Å². The van der Waals surface area contributed by atoms with Crippen molar-refractivity contribution in [2.45, 2.75) is 19.8 Å². The number of carbonyl (C=O) groups excluding carboxylic acids is 1. The summed E-state index contributed by atoms with van der Waals surface area (Å²) in [5, 5.41) is 0. The molecule has 4 nitrogen and oxygen atoms in total. The van der Waals surface area contributed by atoms with Gasteiger partial charge in [0.15, 0.2) is 11.6 Å². The Morgan fingerprint density at radius 1 is 1.00 bits per heavy atom. The van der Waals surface area contributed by atoms with Crippen molar-refractivity contribution in [2.24, 2.45) is 4.99 Å². The molecule has 1 heterocycles. The second-order valence-electron chi connectivity index (χ2n) is 6.40. The Kier molecular flexibility index (Phi) is 4.98. The Bertz CT molecular complexity index is 816. The number of anilines is 1. The lowest BCUT2D eigenvalue weighted by Gasteiger charge is -2.11. The summed E-state index contributed by atoms with van der Waals surface area (Å²) in [5.41, 5.74) is 4.84. The maximum absolute atomic E-state index is 12.0. The van der Waals surface area contributed by atoms with Crippen LogP contribution in [0, 0.1) is 6.92 Å². The quantitative estimate of drug-likeness (QED) is 0.613. The molecular formula is C21H22N2O2. The van der Waals surface area contributed by atoms with Crippen molar-refractivity contribution in [1.29, 1.82) is 0 Å². The number of nitrogens with zero attached hydrogens (tertiary/aromatic N) is 2. The van der Waals surface area contributed by atoms with Crippen molar-refractivity contribution in [2.75, 3.05) is 19.0 Å². The molecule has 0 saturated carbocycles. The van der Waals surface area contributed by atoms with Crippen LogP contribution in [0.1, 0.15) is 23.1 Å². The second-order valence-corrected chi connectivity index (χ2v) is 6.40. The molecule has 1 aliphatic heterocycles. The molecule has 0 aliphatic carbocycles. The van der Waals surface area contributed by atoms with Gasteiger partial charge in [0.2, 0.25) is 0 Å². The molecule has 4 heteroatoms. The molecule has 0 N–H and O–H groups in total. The summed E-state index contributed by atoms with van der Waals surface area (Å²) in [7, 11) is 3.98. The van der Waals surface area contributed by atoms with Gasteiger partial charge in [0.25, 0.3) is 0 Å². The van der Waals surface area contributed by atoms with Gasteiger partial charge in [0.05, 0.1) is 0 Å². The predicted octanol–water partition coefficient (Wildman–Crippen LogP) is 3.99. The molecule has 2 aromatic rings. The SMILES string of the molecule is Cc1ccc(CCC2=N/C(=C/c3ccc(N(C)C)cc3)C(=O)O2)cc1. The first-order valence-electron chi connectivity index (χ1n) is 8.35. The number of rotatable bonds is 5. The van der Waals surface area contributed by atoms with Crippen LogP contribution in [0.3, 0.4) is 0 Å². The number of aryl methyl sites for hydroxylation is 2. The summed E-state index contributed by atoms with van der Waals surface area (Å²) in [6.45, 7) is 2.06. The lowest BCUT2D eigenvalue weighted by atomic mass is 10.1. The van der Waals surface area contributed by atoms with Crippen molar-refractivity contribution in [3.63, 3.8) is 0 Å². The van der Waals surface area contributed by atoms with Crippen molar-refractivity contribution < 1.29 is 9.53 Å². The highest BCUT2D eigenvalue weighted by atomic mass is 16.6. The Hall–Kier alpha value is -2.88. The third kappa shape index (κ3) is 4.35. The molecule has 3 rings (SSSR count). The molecule has 0 spiro atoms. The fourth-order valence-corrected chi connectivity index (χ4v) is 2.59. The van der Waals surface area contributed by atoms with Gasteiger partial charge >= 0.3 is 5.97 Å². The highest BCUT2D eigenvalue weighted by Crippen LogP contribution is 2.20. The number of hydrogen-bond donors (Lipinski definition) is 0. The van der Waals surface area contributed by atoms with Crippen LogP contribution < -0.4 is 4.90 Å². The number of benzene rings is 2. The summed E-state index contributed by atoms with van der Waals surface area (Å²) in [6.07, 6.45) is 3.18. The predicted molar refractivity (Wildman–Crippen MR) is 102 cm³/mol. The van der Waals surface area contributed by atoms with Crippen molar-refractivity contribution in [1.82, 2.24) is 0 Å². The molecule has 0 unspecified atom stereocenters. The van der Waals surface area contributed by atoms with Crippen LogP contribution in [0.5, 0.6) is 0 Å². The van der Waals surface area contributed by atoms with E-state index in [4.69, 9.17) is 4.74 Å². The highest BCUT2D eigenvalue weighted by Gasteiger charge is 2.22. The first-order valence-corrected chi connectivity index (χ1v) is 8.35. The smallest absolute Gasteiger partial charge is 0.363 e. The van der Waals surface area contributed by atoms with Crippen molar-refractivity contribution in [3.05, 3.63) is 70.9 Å². The minimum atomic E-state index is -0.379. The average molecular weight is 334 g/mol. The average Bonchev–Trinajstić information content (AvgIpc) is 2.94. The van der Waals surface area contributed by atoms with E-state index < -0.39 is 0 Å². The minimum Gasteiger partial charge on any atom is -0.407 e. The highest BCUT2D eigenvalue weighted by molar-refractivity contribution is 6.07. The van der Waals surface area contributed by atoms with E-state index in [9.17, 15) is 4.79 Å². The zero-order valence-electron chi connectivity index (χ0n) is 14.8. The fourth-order valence-electron chi connectivity index (χ4n) is 2.59. The Labute approximate surface area is 148 Å². The fraction of sp³-hybridized carbons (Fsp3) is 0.238. The van der Waals surface area contributed by atoms with Crippen LogP contribution in [0.15, 0.2) is 59.2 Å². The van der Waals surface area contributed by atoms with Gasteiger partial charge < -0.3 is 9.64 Å². The molecule has 0 fully saturated rings. The first-order chi connectivity index (χ1) is 12.0. The Balaban J connectivity index is 1.67. The number of aliphatic imine (C=N–C) groups is 1. The third-order valence-corrected chi connectivity index (χ3v) is 4.13. The lowest BCUT2D eigenvalue weighted by Crippen LogP contribution is -2.08. The molecule has 0 amide bonds. The third-order valence-electron chi connectivity index (χ3n) is 4.13. The topological polar surface area (TPSA) is 41.9 Å². The standard InChI is InChI=1S/C21H22N2O2/c1-15-4-6-16(7-5-15)10-13-20-22-19(21(24)25-20)14-17-8-11-18(12-9-17)23(2)3/h4-9,11-12,14H,10,13H2,1-3H3/b19-14+. The molecule has 0 saturated heterocycles. The van der Waals surface area contributed by atoms with Gasteiger partial charge in [-0.05, 0) is 42.7 Å². The van der Waals surface area contributed by atoms with E-state index in [1.807, 2.05) is 43.3 Å². The molecule has 0 aromatic heterocycles. The summed E-state index contributed by atoms with van der Waals surface area (Å²) < 4.78 is 5.29. The van der Waals surface area contributed by atoms with Gasteiger partial charge in [-0.1, -0.05) is 42.0 Å². The minimum absolute atomic E-state index is 0.358. The largest absolute Gasteiger partial charge is 0.407 e.